The maximum atomic E-state index is 14.3. The summed E-state index contributed by atoms with van der Waals surface area (Å²) in [6.07, 6.45) is -1.25. The van der Waals surface area contributed by atoms with E-state index in [-0.39, 0.29) is 48.6 Å². The Balaban J connectivity index is 1.39. The van der Waals surface area contributed by atoms with Crippen LogP contribution in [0.25, 0.3) is 0 Å². The molecular weight excluding hydrogens is 472 g/mol. The van der Waals surface area contributed by atoms with Gasteiger partial charge in [-0.3, -0.25) is 9.59 Å². The lowest BCUT2D eigenvalue weighted by atomic mass is 9.37. The summed E-state index contributed by atoms with van der Waals surface area (Å²) in [4.78, 5) is 51.7. The van der Waals surface area contributed by atoms with Crippen molar-refractivity contribution in [3.8, 4) is 0 Å². The van der Waals surface area contributed by atoms with Crippen LogP contribution >= 0.6 is 0 Å². The van der Waals surface area contributed by atoms with Crippen LogP contribution in [0.4, 0.5) is 0 Å². The van der Waals surface area contributed by atoms with E-state index in [0.29, 0.717) is 12.8 Å². The molecule has 0 aromatic heterocycles. The van der Waals surface area contributed by atoms with Crippen molar-refractivity contribution in [2.75, 3.05) is 6.61 Å². The second kappa shape index (κ2) is 6.39. The average molecular weight is 503 g/mol. The number of aliphatic hydroxyl groups excluding tert-OH is 1. The zero-order valence-electron chi connectivity index (χ0n) is 20.7. The lowest BCUT2D eigenvalue weighted by Crippen LogP contribution is -2.74. The Kier molecular flexibility index (Phi) is 4.06. The number of rotatable bonds is 1. The van der Waals surface area contributed by atoms with Crippen molar-refractivity contribution in [2.24, 2.45) is 28.1 Å². The lowest BCUT2D eigenvalue weighted by molar-refractivity contribution is -0.223. The largest absolute Gasteiger partial charge is 0.465 e. The summed E-state index contributed by atoms with van der Waals surface area (Å²) in [6.45, 7) is 7.90. The second-order valence-corrected chi connectivity index (χ2v) is 12.6. The predicted octanol–water partition coefficient (Wildman–Crippen LogP) is 0.973. The second-order valence-electron chi connectivity index (χ2n) is 12.6. The number of ketones is 1. The highest BCUT2D eigenvalue weighted by molar-refractivity contribution is 5.94. The molecule has 1 unspecified atom stereocenters. The summed E-state index contributed by atoms with van der Waals surface area (Å²) in [5.74, 6) is -2.06. The van der Waals surface area contributed by atoms with E-state index in [1.165, 1.54) is 6.08 Å². The van der Waals surface area contributed by atoms with E-state index in [1.54, 1.807) is 0 Å². The Morgan fingerprint density at radius 2 is 1.69 bits per heavy atom. The third kappa shape index (κ3) is 2.23. The Hall–Kier alpha value is -2.30. The van der Waals surface area contributed by atoms with Gasteiger partial charge in [-0.05, 0) is 39.5 Å². The van der Waals surface area contributed by atoms with Crippen molar-refractivity contribution in [1.82, 2.24) is 0 Å². The molecule has 0 amide bonds. The van der Waals surface area contributed by atoms with E-state index >= 15 is 0 Å². The fourth-order valence-electron chi connectivity index (χ4n) is 9.54. The Bertz CT molecular complexity index is 1170. The predicted molar refractivity (Wildman–Crippen MR) is 117 cm³/mol. The topological polar surface area (TPSA) is 138 Å². The first-order valence-electron chi connectivity index (χ1n) is 12.7. The van der Waals surface area contributed by atoms with Gasteiger partial charge < -0.3 is 28.8 Å². The third-order valence-electron chi connectivity index (χ3n) is 11.0. The van der Waals surface area contributed by atoms with Crippen LogP contribution in [0.3, 0.4) is 0 Å². The highest BCUT2D eigenvalue weighted by atomic mass is 16.7. The van der Waals surface area contributed by atoms with Crippen LogP contribution in [0.1, 0.15) is 53.4 Å². The number of carbonyl (C=O) groups excluding carboxylic acids is 4. The van der Waals surface area contributed by atoms with E-state index in [4.69, 9.17) is 23.7 Å². The third-order valence-corrected chi connectivity index (χ3v) is 11.0. The Morgan fingerprint density at radius 3 is 2.39 bits per heavy atom. The zero-order chi connectivity index (χ0) is 25.6. The van der Waals surface area contributed by atoms with Gasteiger partial charge in [-0.15, -0.1) is 0 Å². The molecule has 10 nitrogen and oxygen atoms in total. The Morgan fingerprint density at radius 1 is 0.944 bits per heavy atom. The van der Waals surface area contributed by atoms with E-state index in [1.807, 2.05) is 27.7 Å². The normalized spacial score (nSPS) is 54.1. The van der Waals surface area contributed by atoms with Gasteiger partial charge in [0.1, 0.15) is 24.1 Å². The first-order valence-corrected chi connectivity index (χ1v) is 12.7. The van der Waals surface area contributed by atoms with Gasteiger partial charge in [0.15, 0.2) is 6.10 Å². The number of carbonyl (C=O) groups is 4. The Labute approximate surface area is 207 Å². The molecule has 0 radical (unpaired) electrons. The minimum Gasteiger partial charge on any atom is -0.465 e. The number of hydrogen-bond acceptors (Lipinski definition) is 10. The molecule has 10 heteroatoms. The molecule has 0 aromatic carbocycles. The summed E-state index contributed by atoms with van der Waals surface area (Å²) in [6, 6.07) is 0. The lowest BCUT2D eigenvalue weighted by Gasteiger charge is -2.65. The quantitative estimate of drug-likeness (QED) is 0.314. The average Bonchev–Trinajstić information content (AvgIpc) is 3.43. The number of fused-ring (bicyclic) bond motifs is 1. The van der Waals surface area contributed by atoms with Crippen molar-refractivity contribution in [1.29, 1.82) is 0 Å². The molecule has 7 rings (SSSR count). The molecule has 0 bridgehead atoms. The van der Waals surface area contributed by atoms with Crippen LogP contribution < -0.4 is 0 Å². The van der Waals surface area contributed by atoms with Crippen molar-refractivity contribution in [2.45, 2.75) is 89.2 Å². The molecule has 2 aliphatic carbocycles. The van der Waals surface area contributed by atoms with Crippen molar-refractivity contribution in [3.05, 3.63) is 11.6 Å². The molecule has 5 heterocycles. The fraction of sp³-hybridized carbons (Fsp3) is 0.769. The highest BCUT2D eigenvalue weighted by Crippen LogP contribution is 2.78. The van der Waals surface area contributed by atoms with Gasteiger partial charge in [0, 0.05) is 34.8 Å². The highest BCUT2D eigenvalue weighted by Gasteiger charge is 2.90. The maximum absolute atomic E-state index is 14.3. The molecule has 6 fully saturated rings. The maximum Gasteiger partial charge on any atom is 0.339 e. The first kappa shape index (κ1) is 22.9. The van der Waals surface area contributed by atoms with Gasteiger partial charge in [0.05, 0.1) is 23.5 Å². The number of esters is 3. The first-order chi connectivity index (χ1) is 16.8. The molecule has 36 heavy (non-hydrogen) atoms. The van der Waals surface area contributed by atoms with Crippen LogP contribution in [0.5, 0.6) is 0 Å². The van der Waals surface area contributed by atoms with Gasteiger partial charge in [-0.25, -0.2) is 9.59 Å². The summed E-state index contributed by atoms with van der Waals surface area (Å²) in [5, 5.41) is 10.4. The van der Waals surface area contributed by atoms with E-state index in [0.717, 1.165) is 0 Å². The van der Waals surface area contributed by atoms with Crippen molar-refractivity contribution < 1.29 is 48.0 Å². The number of cyclic esters (lactones) is 3. The molecule has 2 saturated carbocycles. The molecule has 5 aliphatic heterocycles. The minimum absolute atomic E-state index is 0.00694. The number of Topliss-reactive ketones (excluding diaryl/α,β-unsaturated/α-hetero) is 1. The zero-order valence-corrected chi connectivity index (χ0v) is 20.7. The molecule has 10 atom stereocenters. The van der Waals surface area contributed by atoms with Crippen molar-refractivity contribution >= 4 is 23.7 Å². The summed E-state index contributed by atoms with van der Waals surface area (Å²) in [7, 11) is 0. The summed E-state index contributed by atoms with van der Waals surface area (Å²) < 4.78 is 29.1. The molecule has 1 N–H and O–H groups in total. The number of aliphatic hydroxyl groups is 1. The smallest absolute Gasteiger partial charge is 0.339 e. The molecule has 4 saturated heterocycles. The number of hydrogen-bond donors (Lipinski definition) is 1. The van der Waals surface area contributed by atoms with Crippen molar-refractivity contribution in [3.63, 3.8) is 0 Å². The van der Waals surface area contributed by atoms with Crippen LogP contribution in [0.2, 0.25) is 0 Å². The number of epoxide rings is 1. The van der Waals surface area contributed by atoms with Crippen LogP contribution in [-0.4, -0.2) is 71.2 Å². The standard InChI is InChI=1S/C26H30O10/c1-22(2)13-8-14(27)24(4)12(25(13)10-32-16(28)9-15(25)35-22)5-6-23(3)18(11-7-17(29)33-20(11)30)34-21(31)19-26(23,24)36-19/h7,12-13,15,18-20,30H,5-6,8-10H2,1-4H3/t12-,13-,15-,18-,19+,20?,23-,24-,25+,26+/m1/s1. The number of ether oxygens (including phenoxy) is 5. The monoisotopic (exact) mass is 502 g/mol. The molecule has 0 aromatic rings. The SMILES string of the molecule is CC1(C)O[C@@H]2CC(=O)OC[C@]23[C@@H]1CC(=O)[C@@]1(C)[C@H]3CC[C@]2(C)[C@@H](C3=CC(=O)OC3O)OC(=O)[C@@H]3O[C@]312. The fourth-order valence-corrected chi connectivity index (χ4v) is 9.54. The van der Waals surface area contributed by atoms with E-state index in [2.05, 4.69) is 0 Å². The minimum atomic E-state index is -1.53. The molecular formula is C26H30O10. The molecule has 2 spiro atoms. The molecule has 194 valence electrons. The van der Waals surface area contributed by atoms with Gasteiger partial charge in [-0.2, -0.15) is 0 Å². The van der Waals surface area contributed by atoms with E-state index in [9.17, 15) is 24.3 Å². The van der Waals surface area contributed by atoms with Gasteiger partial charge in [0.25, 0.3) is 0 Å². The van der Waals surface area contributed by atoms with Gasteiger partial charge >= 0.3 is 17.9 Å². The van der Waals surface area contributed by atoms with Crippen LogP contribution in [0, 0.1) is 28.1 Å². The van der Waals surface area contributed by atoms with Crippen LogP contribution in [-0.2, 0) is 42.9 Å². The van der Waals surface area contributed by atoms with Gasteiger partial charge in [-0.1, -0.05) is 6.92 Å². The van der Waals surface area contributed by atoms with Crippen LogP contribution in [0.15, 0.2) is 11.6 Å². The van der Waals surface area contributed by atoms with E-state index < -0.39 is 64.0 Å². The molecule has 7 aliphatic rings. The summed E-state index contributed by atoms with van der Waals surface area (Å²) in [5.41, 5.74) is -4.23. The summed E-state index contributed by atoms with van der Waals surface area (Å²) >= 11 is 0. The van der Waals surface area contributed by atoms with Gasteiger partial charge in [0.2, 0.25) is 6.29 Å².